The van der Waals surface area contributed by atoms with E-state index in [1.165, 1.54) is 4.90 Å². The van der Waals surface area contributed by atoms with E-state index < -0.39 is 17.8 Å². The summed E-state index contributed by atoms with van der Waals surface area (Å²) in [5.74, 6) is -1.14. The molecule has 0 spiro atoms. The van der Waals surface area contributed by atoms with E-state index in [4.69, 9.17) is 0 Å². The zero-order valence-corrected chi connectivity index (χ0v) is 16.5. The molecule has 0 unspecified atom stereocenters. The van der Waals surface area contributed by atoms with Gasteiger partial charge in [0.05, 0.1) is 5.69 Å². The summed E-state index contributed by atoms with van der Waals surface area (Å²) in [6.07, 6.45) is 6.24. The topological polar surface area (TPSA) is 69.7 Å². The monoisotopic (exact) mass is 419 g/mol. The number of nitrogens with zero attached hydrogens (tertiary/aromatic N) is 2. The fraction of sp³-hybridized carbons (Fsp3) is 0.421. The summed E-state index contributed by atoms with van der Waals surface area (Å²) in [6.45, 7) is 0. The normalized spacial score (nSPS) is 20.5. The molecule has 7 heteroatoms. The van der Waals surface area contributed by atoms with Gasteiger partial charge in [0.25, 0.3) is 11.8 Å². The Balaban J connectivity index is 1.91. The van der Waals surface area contributed by atoms with Crippen molar-refractivity contribution < 1.29 is 14.4 Å². The number of hydrogen-bond acceptors (Lipinski definition) is 4. The molecule has 0 atom stereocenters. The fourth-order valence-corrected chi connectivity index (χ4v) is 4.24. The van der Waals surface area contributed by atoms with Crippen LogP contribution in [0.5, 0.6) is 0 Å². The second-order valence-electron chi connectivity index (χ2n) is 6.89. The third kappa shape index (κ3) is 3.67. The predicted octanol–water partition coefficient (Wildman–Crippen LogP) is 3.31. The minimum Gasteiger partial charge on any atom is -0.377 e. The number of hydrogen-bond donors (Lipinski definition) is 1. The second kappa shape index (κ2) is 7.61. The largest absolute Gasteiger partial charge is 0.377 e. The van der Waals surface area contributed by atoms with E-state index in [-0.39, 0.29) is 11.6 Å². The Kier molecular flexibility index (Phi) is 5.46. The average Bonchev–Trinajstić information content (AvgIpc) is 2.59. The average molecular weight is 420 g/mol. The number of rotatable bonds is 3. The number of halogens is 1. The van der Waals surface area contributed by atoms with E-state index in [1.807, 2.05) is 37.2 Å². The van der Waals surface area contributed by atoms with Crippen LogP contribution in [-0.2, 0) is 9.59 Å². The van der Waals surface area contributed by atoms with Gasteiger partial charge < -0.3 is 4.90 Å². The lowest BCUT2D eigenvalue weighted by molar-refractivity contribution is -0.132. The Labute approximate surface area is 161 Å². The molecule has 1 heterocycles. The first-order valence-electron chi connectivity index (χ1n) is 8.76. The summed E-state index contributed by atoms with van der Waals surface area (Å²) in [5, 5.41) is 2.31. The van der Waals surface area contributed by atoms with Gasteiger partial charge in [0.15, 0.2) is 0 Å². The molecular weight excluding hydrogens is 398 g/mol. The zero-order chi connectivity index (χ0) is 18.8. The van der Waals surface area contributed by atoms with Crippen LogP contribution in [0.3, 0.4) is 0 Å². The molecule has 0 aromatic heterocycles. The molecule has 26 heavy (non-hydrogen) atoms. The van der Waals surface area contributed by atoms with Gasteiger partial charge in [-0.15, -0.1) is 0 Å². The van der Waals surface area contributed by atoms with E-state index in [9.17, 15) is 14.4 Å². The fourth-order valence-electron chi connectivity index (χ4n) is 3.48. The van der Waals surface area contributed by atoms with Crippen molar-refractivity contribution in [2.75, 3.05) is 19.0 Å². The molecular formula is C19H22BrN3O3. The van der Waals surface area contributed by atoms with Crippen molar-refractivity contribution >= 4 is 45.5 Å². The highest BCUT2D eigenvalue weighted by Crippen LogP contribution is 2.29. The first kappa shape index (κ1) is 18.6. The van der Waals surface area contributed by atoms with Crippen molar-refractivity contribution in [3.8, 4) is 0 Å². The number of amides is 4. The van der Waals surface area contributed by atoms with Crippen molar-refractivity contribution in [3.63, 3.8) is 0 Å². The molecule has 1 aromatic rings. The molecule has 2 fully saturated rings. The third-order valence-corrected chi connectivity index (χ3v) is 5.47. The van der Waals surface area contributed by atoms with E-state index in [0.717, 1.165) is 47.8 Å². The van der Waals surface area contributed by atoms with E-state index in [1.54, 1.807) is 6.08 Å². The van der Waals surface area contributed by atoms with Crippen LogP contribution in [-0.4, -0.2) is 42.9 Å². The SMILES string of the molecule is CN(C)c1ccc(C=C2C(=O)NC(=O)N(C3CCCCC3)C2=O)cc1Br. The lowest BCUT2D eigenvalue weighted by atomic mass is 9.93. The van der Waals surface area contributed by atoms with Crippen molar-refractivity contribution in [2.24, 2.45) is 0 Å². The smallest absolute Gasteiger partial charge is 0.331 e. The van der Waals surface area contributed by atoms with Crippen LogP contribution in [0.2, 0.25) is 0 Å². The summed E-state index contributed by atoms with van der Waals surface area (Å²) in [4.78, 5) is 40.5. The van der Waals surface area contributed by atoms with Gasteiger partial charge in [0, 0.05) is 24.6 Å². The number of imide groups is 2. The van der Waals surface area contributed by atoms with Gasteiger partial charge in [-0.25, -0.2) is 4.79 Å². The van der Waals surface area contributed by atoms with Crippen LogP contribution in [0.15, 0.2) is 28.2 Å². The van der Waals surface area contributed by atoms with Crippen molar-refractivity contribution in [1.29, 1.82) is 0 Å². The van der Waals surface area contributed by atoms with Gasteiger partial charge in [-0.05, 0) is 52.5 Å². The first-order chi connectivity index (χ1) is 12.4. The molecule has 4 amide bonds. The van der Waals surface area contributed by atoms with Gasteiger partial charge in [0.2, 0.25) is 0 Å². The Hall–Kier alpha value is -2.15. The molecule has 1 saturated heterocycles. The summed E-state index contributed by atoms with van der Waals surface area (Å²) in [7, 11) is 3.87. The van der Waals surface area contributed by atoms with Gasteiger partial charge >= 0.3 is 6.03 Å². The van der Waals surface area contributed by atoms with Gasteiger partial charge in [-0.1, -0.05) is 25.3 Å². The van der Waals surface area contributed by atoms with Crippen LogP contribution < -0.4 is 10.2 Å². The zero-order valence-electron chi connectivity index (χ0n) is 14.9. The maximum absolute atomic E-state index is 12.9. The molecule has 1 aromatic carbocycles. The molecule has 2 aliphatic rings. The van der Waals surface area contributed by atoms with Crippen molar-refractivity contribution in [3.05, 3.63) is 33.8 Å². The Morgan fingerprint density at radius 2 is 1.85 bits per heavy atom. The van der Waals surface area contributed by atoms with Crippen LogP contribution in [0.4, 0.5) is 10.5 Å². The Morgan fingerprint density at radius 1 is 1.15 bits per heavy atom. The molecule has 0 bridgehead atoms. The number of benzene rings is 1. The second-order valence-corrected chi connectivity index (χ2v) is 7.74. The summed E-state index contributed by atoms with van der Waals surface area (Å²) in [6, 6.07) is 4.87. The third-order valence-electron chi connectivity index (χ3n) is 4.84. The molecule has 138 valence electrons. The molecule has 6 nitrogen and oxygen atoms in total. The van der Waals surface area contributed by atoms with Gasteiger partial charge in [-0.2, -0.15) is 0 Å². The first-order valence-corrected chi connectivity index (χ1v) is 9.55. The van der Waals surface area contributed by atoms with Crippen LogP contribution >= 0.6 is 15.9 Å². The highest BCUT2D eigenvalue weighted by atomic mass is 79.9. The maximum atomic E-state index is 12.9. The summed E-state index contributed by atoms with van der Waals surface area (Å²) < 4.78 is 0.862. The van der Waals surface area contributed by atoms with Crippen LogP contribution in [0, 0.1) is 0 Å². The number of barbiturate groups is 1. The molecule has 1 saturated carbocycles. The minimum atomic E-state index is -0.639. The number of carbonyl (C=O) groups excluding carboxylic acids is 3. The minimum absolute atomic E-state index is 0.000300. The molecule has 3 rings (SSSR count). The molecule has 1 aliphatic heterocycles. The maximum Gasteiger partial charge on any atom is 0.331 e. The Bertz CT molecular complexity index is 782. The Morgan fingerprint density at radius 3 is 2.46 bits per heavy atom. The predicted molar refractivity (Wildman–Crippen MR) is 104 cm³/mol. The van der Waals surface area contributed by atoms with E-state index >= 15 is 0 Å². The van der Waals surface area contributed by atoms with Crippen molar-refractivity contribution in [1.82, 2.24) is 10.2 Å². The number of carbonyl (C=O) groups is 3. The van der Waals surface area contributed by atoms with Gasteiger partial charge in [-0.3, -0.25) is 19.8 Å². The quantitative estimate of drug-likeness (QED) is 0.602. The van der Waals surface area contributed by atoms with Gasteiger partial charge in [0.1, 0.15) is 5.57 Å². The number of urea groups is 1. The standard InChI is InChI=1S/C19H22BrN3O3/c1-22(2)16-9-8-12(11-15(16)20)10-14-17(24)21-19(26)23(18(14)25)13-6-4-3-5-7-13/h8-11,13H,3-7H2,1-2H3,(H,21,24,26). The van der Waals surface area contributed by atoms with Crippen LogP contribution in [0.25, 0.3) is 6.08 Å². The van der Waals surface area contributed by atoms with Crippen molar-refractivity contribution in [2.45, 2.75) is 38.1 Å². The highest BCUT2D eigenvalue weighted by Gasteiger charge is 2.40. The summed E-state index contributed by atoms with van der Waals surface area (Å²) in [5.41, 5.74) is 1.71. The lowest BCUT2D eigenvalue weighted by Crippen LogP contribution is -2.58. The molecule has 1 aliphatic carbocycles. The number of nitrogens with one attached hydrogen (secondary N) is 1. The van der Waals surface area contributed by atoms with Crippen LogP contribution in [0.1, 0.15) is 37.7 Å². The number of anilines is 1. The molecule has 1 N–H and O–H groups in total. The lowest BCUT2D eigenvalue weighted by Gasteiger charge is -2.35. The van der Waals surface area contributed by atoms with E-state index in [2.05, 4.69) is 21.2 Å². The molecule has 0 radical (unpaired) electrons. The highest BCUT2D eigenvalue weighted by molar-refractivity contribution is 9.10. The van der Waals surface area contributed by atoms with E-state index in [0.29, 0.717) is 0 Å². The summed E-state index contributed by atoms with van der Waals surface area (Å²) >= 11 is 3.51.